The second-order valence-electron chi connectivity index (χ2n) is 6.45. The van der Waals surface area contributed by atoms with Gasteiger partial charge in [-0.25, -0.2) is 9.97 Å². The van der Waals surface area contributed by atoms with E-state index in [1.165, 1.54) is 12.4 Å². The zero-order valence-corrected chi connectivity index (χ0v) is 15.6. The van der Waals surface area contributed by atoms with Crippen LogP contribution in [-0.2, 0) is 6.54 Å². The number of aromatic nitrogens is 4. The molecule has 0 aliphatic carbocycles. The molecule has 4 rings (SSSR count). The van der Waals surface area contributed by atoms with Gasteiger partial charge in [-0.15, -0.1) is 0 Å². The number of nitrogens with one attached hydrogen (secondary N) is 2. The zero-order chi connectivity index (χ0) is 19.9. The highest BCUT2D eigenvalue weighted by Crippen LogP contribution is 2.16. The predicted molar refractivity (Wildman–Crippen MR) is 111 cm³/mol. The molecule has 2 N–H and O–H groups in total. The van der Waals surface area contributed by atoms with Crippen molar-refractivity contribution in [2.24, 2.45) is 0 Å². The molecule has 144 valence electrons. The van der Waals surface area contributed by atoms with Crippen molar-refractivity contribution in [1.82, 2.24) is 25.1 Å². The van der Waals surface area contributed by atoms with Crippen molar-refractivity contribution in [2.75, 3.05) is 5.32 Å². The van der Waals surface area contributed by atoms with Gasteiger partial charge in [-0.1, -0.05) is 48.5 Å². The van der Waals surface area contributed by atoms with Gasteiger partial charge in [0.25, 0.3) is 5.91 Å². The Balaban J connectivity index is 1.47. The van der Waals surface area contributed by atoms with Crippen molar-refractivity contribution in [3.8, 4) is 0 Å². The number of anilines is 2. The number of carbonyl (C=O) groups excluding carboxylic acids is 1. The first-order valence-corrected chi connectivity index (χ1v) is 9.25. The fourth-order valence-corrected chi connectivity index (χ4v) is 2.92. The summed E-state index contributed by atoms with van der Waals surface area (Å²) in [4.78, 5) is 21.3. The number of amides is 1. The Kier molecular flexibility index (Phi) is 5.57. The monoisotopic (exact) mass is 384 g/mol. The van der Waals surface area contributed by atoms with Gasteiger partial charge in [-0.2, -0.15) is 5.10 Å². The maximum Gasteiger partial charge on any atom is 0.254 e. The largest absolute Gasteiger partial charge is 0.343 e. The fraction of sp³-hybridized carbons (Fsp3) is 0.0909. The lowest BCUT2D eigenvalue weighted by Gasteiger charge is -2.19. The summed E-state index contributed by atoms with van der Waals surface area (Å²) in [6, 6.07) is 21.1. The molecule has 1 amide bonds. The van der Waals surface area contributed by atoms with Crippen molar-refractivity contribution >= 4 is 17.5 Å². The lowest BCUT2D eigenvalue weighted by Crippen LogP contribution is -2.31. The van der Waals surface area contributed by atoms with Gasteiger partial charge in [0.05, 0.1) is 18.2 Å². The summed E-state index contributed by atoms with van der Waals surface area (Å²) in [5, 5.41) is 10.4. The summed E-state index contributed by atoms with van der Waals surface area (Å²) < 4.78 is 1.79. The van der Waals surface area contributed by atoms with Crippen molar-refractivity contribution in [3.05, 3.63) is 103 Å². The van der Waals surface area contributed by atoms with E-state index in [0.717, 1.165) is 11.3 Å². The Labute approximate surface area is 168 Å². The van der Waals surface area contributed by atoms with Crippen LogP contribution in [0.4, 0.5) is 11.6 Å². The molecule has 0 saturated carbocycles. The zero-order valence-electron chi connectivity index (χ0n) is 15.6. The molecule has 0 aliphatic rings. The minimum absolute atomic E-state index is 0.231. The van der Waals surface area contributed by atoms with Crippen LogP contribution in [0.5, 0.6) is 0 Å². The summed E-state index contributed by atoms with van der Waals surface area (Å²) in [6.07, 6.45) is 6.62. The minimum atomic E-state index is -0.239. The van der Waals surface area contributed by atoms with Crippen LogP contribution < -0.4 is 10.6 Å². The lowest BCUT2D eigenvalue weighted by molar-refractivity contribution is 0.0931. The number of para-hydroxylation sites is 1. The Morgan fingerprint density at radius 1 is 0.931 bits per heavy atom. The molecule has 2 aromatic heterocycles. The average molecular weight is 384 g/mol. The van der Waals surface area contributed by atoms with Crippen molar-refractivity contribution in [1.29, 1.82) is 0 Å². The molecule has 4 aromatic rings. The molecule has 2 aromatic carbocycles. The van der Waals surface area contributed by atoms with Gasteiger partial charge >= 0.3 is 0 Å². The van der Waals surface area contributed by atoms with Gasteiger partial charge < -0.3 is 10.6 Å². The molecule has 7 heteroatoms. The molecule has 0 fully saturated rings. The normalized spacial score (nSPS) is 11.6. The second kappa shape index (κ2) is 8.79. The van der Waals surface area contributed by atoms with Gasteiger partial charge in [-0.3, -0.25) is 9.48 Å². The van der Waals surface area contributed by atoms with E-state index in [4.69, 9.17) is 0 Å². The number of hydrogen-bond acceptors (Lipinski definition) is 5. The third-order valence-electron chi connectivity index (χ3n) is 4.38. The number of rotatable bonds is 7. The van der Waals surface area contributed by atoms with Crippen LogP contribution in [0.1, 0.15) is 22.0 Å². The first-order chi connectivity index (χ1) is 14.3. The maximum atomic E-state index is 12.8. The van der Waals surface area contributed by atoms with Gasteiger partial charge in [-0.05, 0) is 23.8 Å². The smallest absolute Gasteiger partial charge is 0.254 e. The Hall–Kier alpha value is -4.00. The summed E-state index contributed by atoms with van der Waals surface area (Å²) >= 11 is 0. The molecule has 29 heavy (non-hydrogen) atoms. The predicted octanol–water partition coefficient (Wildman–Crippen LogP) is 3.59. The van der Waals surface area contributed by atoms with Gasteiger partial charge in [0.15, 0.2) is 0 Å². The van der Waals surface area contributed by atoms with E-state index in [1.807, 2.05) is 72.9 Å². The van der Waals surface area contributed by atoms with Crippen molar-refractivity contribution < 1.29 is 4.79 Å². The Morgan fingerprint density at radius 3 is 2.28 bits per heavy atom. The highest BCUT2D eigenvalue weighted by Gasteiger charge is 2.17. The summed E-state index contributed by atoms with van der Waals surface area (Å²) in [7, 11) is 0. The van der Waals surface area contributed by atoms with Crippen LogP contribution in [-0.4, -0.2) is 25.7 Å². The Bertz CT molecular complexity index is 1030. The third-order valence-corrected chi connectivity index (χ3v) is 4.38. The van der Waals surface area contributed by atoms with Crippen molar-refractivity contribution in [2.45, 2.75) is 12.6 Å². The molecule has 1 unspecified atom stereocenters. The van der Waals surface area contributed by atoms with Crippen LogP contribution in [0.3, 0.4) is 0 Å². The SMILES string of the molecule is O=C(NC(Cn1cccn1)c1ccccc1)c1cnc(Nc2ccccc2)nc1. The van der Waals surface area contributed by atoms with E-state index in [1.54, 1.807) is 10.9 Å². The van der Waals surface area contributed by atoms with E-state index in [2.05, 4.69) is 25.7 Å². The van der Waals surface area contributed by atoms with Crippen LogP contribution >= 0.6 is 0 Å². The second-order valence-corrected chi connectivity index (χ2v) is 6.45. The summed E-state index contributed by atoms with van der Waals surface area (Å²) in [6.45, 7) is 0.525. The molecule has 0 radical (unpaired) electrons. The Morgan fingerprint density at radius 2 is 1.62 bits per heavy atom. The number of nitrogens with zero attached hydrogens (tertiary/aromatic N) is 4. The molecular weight excluding hydrogens is 364 g/mol. The molecule has 0 aliphatic heterocycles. The van der Waals surface area contributed by atoms with E-state index in [-0.39, 0.29) is 11.9 Å². The summed E-state index contributed by atoms with van der Waals surface area (Å²) in [5.74, 6) is 0.196. The van der Waals surface area contributed by atoms with Gasteiger partial charge in [0, 0.05) is 30.5 Å². The topological polar surface area (TPSA) is 84.7 Å². The van der Waals surface area contributed by atoms with Crippen LogP contribution in [0, 0.1) is 0 Å². The number of carbonyl (C=O) groups is 1. The minimum Gasteiger partial charge on any atom is -0.343 e. The average Bonchev–Trinajstić information content (AvgIpc) is 3.28. The maximum absolute atomic E-state index is 12.8. The lowest BCUT2D eigenvalue weighted by atomic mass is 10.1. The molecule has 7 nitrogen and oxygen atoms in total. The molecule has 2 heterocycles. The number of hydrogen-bond donors (Lipinski definition) is 2. The van der Waals surface area contributed by atoms with E-state index >= 15 is 0 Å². The highest BCUT2D eigenvalue weighted by atomic mass is 16.1. The van der Waals surface area contributed by atoms with E-state index in [0.29, 0.717) is 18.1 Å². The van der Waals surface area contributed by atoms with E-state index in [9.17, 15) is 4.79 Å². The van der Waals surface area contributed by atoms with Gasteiger partial charge in [0.2, 0.25) is 5.95 Å². The molecule has 1 atom stereocenters. The molecule has 0 bridgehead atoms. The molecular formula is C22H20N6O. The van der Waals surface area contributed by atoms with E-state index < -0.39 is 0 Å². The highest BCUT2D eigenvalue weighted by molar-refractivity contribution is 5.94. The first kappa shape index (κ1) is 18.4. The first-order valence-electron chi connectivity index (χ1n) is 9.25. The molecule has 0 spiro atoms. The van der Waals surface area contributed by atoms with Crippen LogP contribution in [0.2, 0.25) is 0 Å². The fourth-order valence-electron chi connectivity index (χ4n) is 2.92. The summed E-state index contributed by atoms with van der Waals surface area (Å²) in [5.41, 5.74) is 2.28. The molecule has 0 saturated heterocycles. The van der Waals surface area contributed by atoms with Crippen LogP contribution in [0.25, 0.3) is 0 Å². The third kappa shape index (κ3) is 4.84. The number of benzene rings is 2. The van der Waals surface area contributed by atoms with Gasteiger partial charge in [0.1, 0.15) is 0 Å². The van der Waals surface area contributed by atoms with Crippen molar-refractivity contribution in [3.63, 3.8) is 0 Å². The quantitative estimate of drug-likeness (QED) is 0.509. The van der Waals surface area contributed by atoms with Crippen LogP contribution in [0.15, 0.2) is 91.5 Å². The standard InChI is InChI=1S/C22H20N6O/c29-21(18-14-23-22(24-15-18)26-19-10-5-2-6-11-19)27-20(16-28-13-7-12-25-28)17-8-3-1-4-9-17/h1-15,20H,16H2,(H,27,29)(H,23,24,26).